The Morgan fingerprint density at radius 1 is 1.00 bits per heavy atom. The van der Waals surface area contributed by atoms with Gasteiger partial charge in [-0.2, -0.15) is 0 Å². The van der Waals surface area contributed by atoms with Crippen LogP contribution in [0.15, 0.2) is 82.5 Å². The zero-order chi connectivity index (χ0) is 22.7. The van der Waals surface area contributed by atoms with Gasteiger partial charge in [0, 0.05) is 13.0 Å². The number of aliphatic hydroxyl groups is 1. The minimum absolute atomic E-state index is 0.0689. The molecule has 0 fully saturated rings. The summed E-state index contributed by atoms with van der Waals surface area (Å²) in [6.45, 7) is 2.03. The summed E-state index contributed by atoms with van der Waals surface area (Å²) < 4.78 is 19.0. The second kappa shape index (κ2) is 9.22. The molecule has 0 radical (unpaired) electrons. The van der Waals surface area contributed by atoms with E-state index in [9.17, 15) is 19.1 Å². The molecule has 1 N–H and O–H groups in total. The average Bonchev–Trinajstić information content (AvgIpc) is 3.33. The summed E-state index contributed by atoms with van der Waals surface area (Å²) in [5, 5.41) is 10.6. The standard InChI is InChI=1S/C26H24FNO4/c1-17-7-14-22(32-17)24-23(21(29)13-10-18-5-3-2-4-6-18)25(30)26(31)28(24)16-15-19-8-11-20(27)12-9-19/h2-9,11-12,14,24,30H,10,13,15-16H2,1H3. The molecule has 1 amide bonds. The summed E-state index contributed by atoms with van der Waals surface area (Å²) in [6, 6.07) is 18.3. The molecule has 1 aliphatic heterocycles. The van der Waals surface area contributed by atoms with E-state index in [-0.39, 0.29) is 30.1 Å². The SMILES string of the molecule is Cc1ccc(C2C(C(=O)CCc3ccccc3)=C(O)C(=O)N2CCc2ccc(F)cc2)o1. The predicted octanol–water partition coefficient (Wildman–Crippen LogP) is 4.87. The van der Waals surface area contributed by atoms with Gasteiger partial charge in [0.15, 0.2) is 11.5 Å². The van der Waals surface area contributed by atoms with Crippen molar-refractivity contribution < 1.29 is 23.5 Å². The predicted molar refractivity (Wildman–Crippen MR) is 117 cm³/mol. The van der Waals surface area contributed by atoms with Crippen molar-refractivity contribution in [2.24, 2.45) is 0 Å². The Morgan fingerprint density at radius 2 is 1.69 bits per heavy atom. The van der Waals surface area contributed by atoms with Gasteiger partial charge < -0.3 is 14.4 Å². The lowest BCUT2D eigenvalue weighted by Crippen LogP contribution is -2.32. The van der Waals surface area contributed by atoms with Crippen molar-refractivity contribution in [2.45, 2.75) is 32.2 Å². The zero-order valence-corrected chi connectivity index (χ0v) is 17.8. The normalized spacial score (nSPS) is 16.1. The lowest BCUT2D eigenvalue weighted by molar-refractivity contribution is -0.129. The number of nitrogens with zero attached hydrogens (tertiary/aromatic N) is 1. The Balaban J connectivity index is 1.58. The van der Waals surface area contributed by atoms with Gasteiger partial charge in [-0.15, -0.1) is 0 Å². The second-order valence-corrected chi connectivity index (χ2v) is 7.90. The molecule has 0 spiro atoms. The smallest absolute Gasteiger partial charge is 0.290 e. The molecule has 0 saturated heterocycles. The first-order valence-corrected chi connectivity index (χ1v) is 10.6. The molecule has 0 saturated carbocycles. The van der Waals surface area contributed by atoms with Gasteiger partial charge >= 0.3 is 0 Å². The third-order valence-electron chi connectivity index (χ3n) is 5.67. The number of aryl methyl sites for hydroxylation is 2. The fourth-order valence-corrected chi connectivity index (χ4v) is 4.00. The molecule has 5 nitrogen and oxygen atoms in total. The Hall–Kier alpha value is -3.67. The van der Waals surface area contributed by atoms with E-state index in [1.165, 1.54) is 17.0 Å². The highest BCUT2D eigenvalue weighted by atomic mass is 19.1. The molecule has 1 unspecified atom stereocenters. The molecule has 1 atom stereocenters. The van der Waals surface area contributed by atoms with E-state index in [2.05, 4.69) is 0 Å². The van der Waals surface area contributed by atoms with Crippen molar-refractivity contribution >= 4 is 11.7 Å². The van der Waals surface area contributed by atoms with E-state index in [1.807, 2.05) is 30.3 Å². The Labute approximate surface area is 185 Å². The van der Waals surface area contributed by atoms with Crippen LogP contribution in [0.4, 0.5) is 4.39 Å². The molecule has 32 heavy (non-hydrogen) atoms. The number of furan rings is 1. The van der Waals surface area contributed by atoms with Crippen LogP contribution in [-0.2, 0) is 22.4 Å². The van der Waals surface area contributed by atoms with Gasteiger partial charge in [-0.1, -0.05) is 42.5 Å². The number of rotatable bonds is 8. The highest BCUT2D eigenvalue weighted by molar-refractivity contribution is 6.08. The zero-order valence-electron chi connectivity index (χ0n) is 17.8. The molecule has 0 bridgehead atoms. The summed E-state index contributed by atoms with van der Waals surface area (Å²) in [7, 11) is 0. The van der Waals surface area contributed by atoms with Gasteiger partial charge in [0.05, 0.1) is 5.57 Å². The first kappa shape index (κ1) is 21.6. The first-order chi connectivity index (χ1) is 15.4. The maximum atomic E-state index is 13.2. The van der Waals surface area contributed by atoms with Gasteiger partial charge in [0.25, 0.3) is 5.91 Å². The number of hydrogen-bond acceptors (Lipinski definition) is 4. The molecule has 0 aliphatic carbocycles. The molecule has 1 aliphatic rings. The maximum Gasteiger partial charge on any atom is 0.290 e. The molecule has 2 heterocycles. The number of carbonyl (C=O) groups is 2. The summed E-state index contributed by atoms with van der Waals surface area (Å²) in [6.07, 6.45) is 1.11. The fraction of sp³-hybridized carbons (Fsp3) is 0.231. The van der Waals surface area contributed by atoms with Crippen LogP contribution in [0.1, 0.15) is 35.1 Å². The number of aliphatic hydroxyl groups excluding tert-OH is 1. The van der Waals surface area contributed by atoms with Crippen LogP contribution in [0.3, 0.4) is 0 Å². The summed E-state index contributed by atoms with van der Waals surface area (Å²) >= 11 is 0. The van der Waals surface area contributed by atoms with Crippen LogP contribution in [0.25, 0.3) is 0 Å². The van der Waals surface area contributed by atoms with Gasteiger partial charge in [-0.05, 0) is 55.2 Å². The highest BCUT2D eigenvalue weighted by Crippen LogP contribution is 2.39. The molecule has 6 heteroatoms. The third-order valence-corrected chi connectivity index (χ3v) is 5.67. The summed E-state index contributed by atoms with van der Waals surface area (Å²) in [4.78, 5) is 27.5. The molecular formula is C26H24FNO4. The van der Waals surface area contributed by atoms with Gasteiger partial charge in [0.2, 0.25) is 0 Å². The quantitative estimate of drug-likeness (QED) is 0.550. The minimum atomic E-state index is -0.792. The minimum Gasteiger partial charge on any atom is -0.503 e. The van der Waals surface area contributed by atoms with Crippen LogP contribution >= 0.6 is 0 Å². The van der Waals surface area contributed by atoms with E-state index in [0.29, 0.717) is 24.4 Å². The van der Waals surface area contributed by atoms with Crippen LogP contribution in [0.2, 0.25) is 0 Å². The molecule has 4 rings (SSSR count). The van der Waals surface area contributed by atoms with Crippen molar-refractivity contribution in [3.05, 3.63) is 107 Å². The van der Waals surface area contributed by atoms with Crippen molar-refractivity contribution in [1.29, 1.82) is 0 Å². The van der Waals surface area contributed by atoms with E-state index < -0.39 is 17.7 Å². The van der Waals surface area contributed by atoms with Crippen LogP contribution in [0.5, 0.6) is 0 Å². The number of benzene rings is 2. The number of ketones is 1. The van der Waals surface area contributed by atoms with Gasteiger partial charge in [-0.25, -0.2) is 4.39 Å². The number of carbonyl (C=O) groups excluding carboxylic acids is 2. The summed E-state index contributed by atoms with van der Waals surface area (Å²) in [5.41, 5.74) is 1.92. The second-order valence-electron chi connectivity index (χ2n) is 7.90. The number of Topliss-reactive ketones (excluding diaryl/α,β-unsaturated/α-hetero) is 1. The monoisotopic (exact) mass is 433 g/mol. The number of amides is 1. The molecule has 1 aromatic heterocycles. The third kappa shape index (κ3) is 4.49. The Bertz CT molecular complexity index is 1150. The average molecular weight is 433 g/mol. The van der Waals surface area contributed by atoms with Crippen LogP contribution in [0, 0.1) is 12.7 Å². The van der Waals surface area contributed by atoms with E-state index in [1.54, 1.807) is 31.2 Å². The van der Waals surface area contributed by atoms with Crippen molar-refractivity contribution in [3.8, 4) is 0 Å². The van der Waals surface area contributed by atoms with E-state index >= 15 is 0 Å². The van der Waals surface area contributed by atoms with Crippen molar-refractivity contribution in [1.82, 2.24) is 4.90 Å². The largest absolute Gasteiger partial charge is 0.503 e. The Morgan fingerprint density at radius 3 is 2.34 bits per heavy atom. The van der Waals surface area contributed by atoms with Crippen molar-refractivity contribution in [2.75, 3.05) is 6.54 Å². The molecular weight excluding hydrogens is 409 g/mol. The maximum absolute atomic E-state index is 13.2. The Kier molecular flexibility index (Phi) is 6.21. The van der Waals surface area contributed by atoms with Crippen LogP contribution in [-0.4, -0.2) is 28.2 Å². The molecule has 164 valence electrons. The topological polar surface area (TPSA) is 70.8 Å². The summed E-state index contributed by atoms with van der Waals surface area (Å²) in [5.74, 6) is -0.672. The lowest BCUT2D eigenvalue weighted by atomic mass is 9.96. The molecule has 2 aromatic carbocycles. The van der Waals surface area contributed by atoms with E-state index in [4.69, 9.17) is 4.42 Å². The lowest BCUT2D eigenvalue weighted by Gasteiger charge is -2.25. The number of halogens is 1. The van der Waals surface area contributed by atoms with Crippen molar-refractivity contribution in [3.63, 3.8) is 0 Å². The van der Waals surface area contributed by atoms with Crippen LogP contribution < -0.4 is 0 Å². The highest BCUT2D eigenvalue weighted by Gasteiger charge is 2.44. The number of hydrogen-bond donors (Lipinski definition) is 1. The van der Waals surface area contributed by atoms with Gasteiger partial charge in [-0.3, -0.25) is 9.59 Å². The fourth-order valence-electron chi connectivity index (χ4n) is 4.00. The van der Waals surface area contributed by atoms with Gasteiger partial charge in [0.1, 0.15) is 23.4 Å². The molecule has 3 aromatic rings. The van der Waals surface area contributed by atoms with E-state index in [0.717, 1.165) is 11.1 Å². The first-order valence-electron chi connectivity index (χ1n) is 10.6.